The number of nitro groups is 1. The van der Waals surface area contributed by atoms with E-state index >= 15 is 0 Å². The van der Waals surface area contributed by atoms with Crippen molar-refractivity contribution in [1.82, 2.24) is 9.97 Å². The summed E-state index contributed by atoms with van der Waals surface area (Å²) in [5.74, 6) is -0.972. The molecule has 0 bridgehead atoms. The third-order valence-electron chi connectivity index (χ3n) is 2.94. The molecule has 9 heteroatoms. The van der Waals surface area contributed by atoms with Crippen LogP contribution in [0.15, 0.2) is 24.5 Å². The van der Waals surface area contributed by atoms with Crippen molar-refractivity contribution in [2.24, 2.45) is 5.73 Å². The van der Waals surface area contributed by atoms with Crippen molar-refractivity contribution in [3.63, 3.8) is 0 Å². The highest BCUT2D eigenvalue weighted by Gasteiger charge is 2.19. The Morgan fingerprint density at radius 1 is 1.45 bits per heavy atom. The predicted molar refractivity (Wildman–Crippen MR) is 77.4 cm³/mol. The molecule has 0 aliphatic carbocycles. The molecule has 0 amide bonds. The van der Waals surface area contributed by atoms with E-state index in [9.17, 15) is 14.5 Å². The molecule has 0 unspecified atom stereocenters. The minimum atomic E-state index is -0.705. The van der Waals surface area contributed by atoms with Gasteiger partial charge in [0, 0.05) is 11.6 Å². The second-order valence-corrected chi connectivity index (χ2v) is 4.78. The molecular weight excluding hydrogens is 315 g/mol. The second-order valence-electron chi connectivity index (χ2n) is 4.38. The Hall–Kier alpha value is -2.32. The minimum absolute atomic E-state index is 0.0199. The number of hydrogen-bond donors (Lipinski definition) is 1. The van der Waals surface area contributed by atoms with Crippen LogP contribution in [0.3, 0.4) is 0 Å². The average molecular weight is 327 g/mol. The van der Waals surface area contributed by atoms with E-state index in [2.05, 4.69) is 9.97 Å². The summed E-state index contributed by atoms with van der Waals surface area (Å²) in [6.07, 6.45) is 2.44. The van der Waals surface area contributed by atoms with E-state index in [-0.39, 0.29) is 28.0 Å². The third-order valence-corrected chi connectivity index (χ3v) is 3.23. The molecule has 1 heterocycles. The van der Waals surface area contributed by atoms with E-state index in [1.807, 2.05) is 6.92 Å². The zero-order chi connectivity index (χ0) is 16.3. The van der Waals surface area contributed by atoms with Crippen molar-refractivity contribution in [2.75, 3.05) is 0 Å². The Labute approximate surface area is 130 Å². The molecule has 0 saturated heterocycles. The van der Waals surface area contributed by atoms with Crippen LogP contribution in [0.25, 0.3) is 0 Å². The van der Waals surface area contributed by atoms with Crippen LogP contribution in [-0.4, -0.2) is 14.9 Å². The van der Waals surface area contributed by atoms with Crippen LogP contribution in [0.1, 0.15) is 24.9 Å². The average Bonchev–Trinajstić information content (AvgIpc) is 2.51. The number of benzene rings is 1. The number of nitrogens with zero attached hydrogens (tertiary/aromatic N) is 3. The van der Waals surface area contributed by atoms with Crippen LogP contribution in [-0.2, 0) is 0 Å². The maximum atomic E-state index is 14.4. The van der Waals surface area contributed by atoms with E-state index in [0.29, 0.717) is 6.42 Å². The van der Waals surface area contributed by atoms with E-state index < -0.39 is 16.8 Å². The Kier molecular flexibility index (Phi) is 4.84. The van der Waals surface area contributed by atoms with Gasteiger partial charge in [-0.3, -0.25) is 10.1 Å². The topological polar surface area (TPSA) is 104 Å². The van der Waals surface area contributed by atoms with Gasteiger partial charge in [0.15, 0.2) is 11.6 Å². The van der Waals surface area contributed by atoms with Gasteiger partial charge >= 0.3 is 11.7 Å². The first kappa shape index (κ1) is 16.1. The molecular formula is C13H12ClFN4O3. The molecule has 2 N–H and O–H groups in total. The summed E-state index contributed by atoms with van der Waals surface area (Å²) in [4.78, 5) is 17.1. The van der Waals surface area contributed by atoms with Gasteiger partial charge < -0.3 is 10.5 Å². The van der Waals surface area contributed by atoms with Gasteiger partial charge in [-0.2, -0.15) is 9.97 Å². The molecule has 7 nitrogen and oxygen atoms in total. The van der Waals surface area contributed by atoms with E-state index in [0.717, 1.165) is 12.4 Å². The first-order valence-corrected chi connectivity index (χ1v) is 6.69. The number of rotatable bonds is 5. The third kappa shape index (κ3) is 3.29. The summed E-state index contributed by atoms with van der Waals surface area (Å²) in [5, 5.41) is 10.5. The molecule has 116 valence electrons. The first-order chi connectivity index (χ1) is 10.4. The van der Waals surface area contributed by atoms with Crippen LogP contribution in [0, 0.1) is 15.9 Å². The van der Waals surface area contributed by atoms with Gasteiger partial charge in [0.2, 0.25) is 0 Å². The van der Waals surface area contributed by atoms with Gasteiger partial charge in [0.05, 0.1) is 9.95 Å². The Morgan fingerprint density at radius 3 is 2.64 bits per heavy atom. The summed E-state index contributed by atoms with van der Waals surface area (Å²) in [5.41, 5.74) is 5.76. The number of ether oxygens (including phenoxy) is 1. The van der Waals surface area contributed by atoms with Crippen molar-refractivity contribution in [2.45, 2.75) is 19.4 Å². The summed E-state index contributed by atoms with van der Waals surface area (Å²) in [6.45, 7) is 1.82. The zero-order valence-corrected chi connectivity index (χ0v) is 12.2. The maximum Gasteiger partial charge on any atom is 0.322 e. The summed E-state index contributed by atoms with van der Waals surface area (Å²) >= 11 is 5.91. The van der Waals surface area contributed by atoms with Crippen molar-refractivity contribution in [3.8, 4) is 11.8 Å². The monoisotopic (exact) mass is 326 g/mol. The highest BCUT2D eigenvalue weighted by atomic mass is 35.5. The fourth-order valence-corrected chi connectivity index (χ4v) is 1.88. The van der Waals surface area contributed by atoms with Crippen molar-refractivity contribution in [3.05, 3.63) is 51.0 Å². The molecule has 0 aliphatic heterocycles. The molecule has 1 aromatic carbocycles. The predicted octanol–water partition coefficient (Wildman–Crippen LogP) is 3.38. The second kappa shape index (κ2) is 6.63. The van der Waals surface area contributed by atoms with Crippen LogP contribution >= 0.6 is 11.6 Å². The van der Waals surface area contributed by atoms with Crippen molar-refractivity contribution < 1.29 is 14.1 Å². The lowest BCUT2D eigenvalue weighted by atomic mass is 10.0. The Morgan fingerprint density at radius 2 is 2.09 bits per heavy atom. The van der Waals surface area contributed by atoms with Gasteiger partial charge in [-0.05, 0) is 12.5 Å². The lowest BCUT2D eigenvalue weighted by molar-refractivity contribution is -0.385. The normalized spacial score (nSPS) is 12.0. The molecule has 2 aromatic rings. The van der Waals surface area contributed by atoms with Crippen molar-refractivity contribution >= 4 is 17.3 Å². The van der Waals surface area contributed by atoms with E-state index in [4.69, 9.17) is 22.1 Å². The highest BCUT2D eigenvalue weighted by Crippen LogP contribution is 2.35. The number of hydrogen-bond acceptors (Lipinski definition) is 6. The first-order valence-electron chi connectivity index (χ1n) is 6.31. The van der Waals surface area contributed by atoms with Crippen LogP contribution in [0.5, 0.6) is 11.8 Å². The molecule has 0 radical (unpaired) electrons. The molecule has 0 saturated carbocycles. The molecule has 0 aliphatic rings. The molecule has 1 atom stereocenters. The SMILES string of the molecule is CC[C@@H](N)c1ccc(Cl)c(Oc2ncc([N+](=O)[O-])cn2)c1F. The van der Waals surface area contributed by atoms with Gasteiger partial charge in [0.25, 0.3) is 0 Å². The summed E-state index contributed by atoms with van der Waals surface area (Å²) in [6, 6.07) is 2.18. The lowest BCUT2D eigenvalue weighted by Crippen LogP contribution is -2.11. The molecule has 2 rings (SSSR count). The number of halogens is 2. The quantitative estimate of drug-likeness (QED) is 0.667. The van der Waals surface area contributed by atoms with Gasteiger partial charge in [-0.1, -0.05) is 24.6 Å². The number of aromatic nitrogens is 2. The standard InChI is InChI=1S/C13H12ClFN4O3/c1-2-10(16)8-3-4-9(14)12(11(8)15)22-13-17-5-7(6-18-13)19(20)21/h3-6,10H,2,16H2,1H3/t10-/m1/s1. The zero-order valence-electron chi connectivity index (χ0n) is 11.5. The lowest BCUT2D eigenvalue weighted by Gasteiger charge is -2.14. The van der Waals surface area contributed by atoms with Gasteiger partial charge in [-0.15, -0.1) is 0 Å². The van der Waals surface area contributed by atoms with E-state index in [1.54, 1.807) is 0 Å². The Bertz CT molecular complexity index is 696. The maximum absolute atomic E-state index is 14.4. The van der Waals surface area contributed by atoms with Crippen molar-refractivity contribution in [1.29, 1.82) is 0 Å². The van der Waals surface area contributed by atoms with Crippen LogP contribution in [0.2, 0.25) is 5.02 Å². The summed E-state index contributed by atoms with van der Waals surface area (Å²) < 4.78 is 19.6. The van der Waals surface area contributed by atoms with Gasteiger partial charge in [-0.25, -0.2) is 4.39 Å². The van der Waals surface area contributed by atoms with Gasteiger partial charge in [0.1, 0.15) is 12.4 Å². The fourth-order valence-electron chi connectivity index (χ4n) is 1.70. The largest absolute Gasteiger partial charge is 0.420 e. The van der Waals surface area contributed by atoms with Crippen LogP contribution in [0.4, 0.5) is 10.1 Å². The Balaban J connectivity index is 2.34. The van der Waals surface area contributed by atoms with E-state index in [1.165, 1.54) is 12.1 Å². The number of nitrogens with two attached hydrogens (primary N) is 1. The smallest absolute Gasteiger partial charge is 0.322 e. The fraction of sp³-hybridized carbons (Fsp3) is 0.231. The summed E-state index contributed by atoms with van der Waals surface area (Å²) in [7, 11) is 0. The minimum Gasteiger partial charge on any atom is -0.420 e. The molecule has 22 heavy (non-hydrogen) atoms. The molecule has 0 spiro atoms. The molecule has 0 fully saturated rings. The van der Waals surface area contributed by atoms with Crippen LogP contribution < -0.4 is 10.5 Å². The molecule has 1 aromatic heterocycles. The highest BCUT2D eigenvalue weighted by molar-refractivity contribution is 6.32.